The van der Waals surface area contributed by atoms with Crippen LogP contribution in [0.15, 0.2) is 23.3 Å². The number of allylic oxidation sites excluding steroid dienone is 1. The molecule has 0 saturated heterocycles. The predicted octanol–water partition coefficient (Wildman–Crippen LogP) is 2.15. The van der Waals surface area contributed by atoms with Crippen LogP contribution in [-0.4, -0.2) is 29.0 Å². The maximum absolute atomic E-state index is 11.8. The van der Waals surface area contributed by atoms with E-state index in [4.69, 9.17) is 11.6 Å². The average molecular weight is 270 g/mol. The van der Waals surface area contributed by atoms with E-state index in [0.717, 1.165) is 30.4 Å². The molecule has 1 amide bonds. The maximum Gasteiger partial charge on any atom is 0.247 e. The van der Waals surface area contributed by atoms with Crippen LogP contribution in [0.25, 0.3) is 0 Å². The second-order valence-corrected chi connectivity index (χ2v) is 5.44. The zero-order valence-electron chi connectivity index (χ0n) is 10.7. The monoisotopic (exact) mass is 269 g/mol. The molecule has 100 valence electrons. The largest absolute Gasteiger partial charge is 0.390 e. The number of aliphatic hydroxyl groups is 1. The molecule has 0 aromatic rings. The number of carbonyl (C=O) groups excluding carboxylic acids is 1. The number of halogens is 1. The molecule has 4 heteroatoms. The Morgan fingerprint density at radius 3 is 3.00 bits per heavy atom. The highest BCUT2D eigenvalue weighted by Gasteiger charge is 2.36. The van der Waals surface area contributed by atoms with Gasteiger partial charge in [-0.3, -0.25) is 4.79 Å². The lowest BCUT2D eigenvalue weighted by atomic mass is 9.85. The summed E-state index contributed by atoms with van der Waals surface area (Å²) in [5.74, 6) is 0.512. The molecule has 0 radical (unpaired) electrons. The van der Waals surface area contributed by atoms with Crippen molar-refractivity contribution in [1.29, 1.82) is 0 Å². The fourth-order valence-corrected chi connectivity index (χ4v) is 3.01. The summed E-state index contributed by atoms with van der Waals surface area (Å²) in [7, 11) is 0. The van der Waals surface area contributed by atoms with Gasteiger partial charge < -0.3 is 10.4 Å². The van der Waals surface area contributed by atoms with Gasteiger partial charge in [-0.2, -0.15) is 0 Å². The molecule has 3 atom stereocenters. The molecule has 0 aromatic carbocycles. The fourth-order valence-electron chi connectivity index (χ4n) is 2.82. The van der Waals surface area contributed by atoms with Gasteiger partial charge in [-0.25, -0.2) is 0 Å². The Labute approximate surface area is 113 Å². The Kier molecular flexibility index (Phi) is 4.46. The van der Waals surface area contributed by atoms with Crippen LogP contribution in [0.2, 0.25) is 0 Å². The molecule has 3 nitrogen and oxygen atoms in total. The van der Waals surface area contributed by atoms with Crippen LogP contribution in [0.4, 0.5) is 0 Å². The van der Waals surface area contributed by atoms with E-state index in [9.17, 15) is 9.90 Å². The first-order valence-electron chi connectivity index (χ1n) is 6.56. The number of nitrogens with one attached hydrogen (secondary N) is 1. The van der Waals surface area contributed by atoms with Crippen molar-refractivity contribution in [3.63, 3.8) is 0 Å². The lowest BCUT2D eigenvalue weighted by molar-refractivity contribution is -0.117. The van der Waals surface area contributed by atoms with Crippen molar-refractivity contribution in [2.75, 3.05) is 5.88 Å². The second-order valence-electron chi connectivity index (χ2n) is 5.07. The standard InChI is InChI=1S/C14H20ClNO2/c1-9-11(7-8-15)14(18)16-12(9)13(17)10-5-3-2-4-6-10/h3,5,10,12-13,17H,2,4,6-8H2,1H3,(H,16,18)/t10-,12+,13+/m1/s1. The lowest BCUT2D eigenvalue weighted by Gasteiger charge is -2.28. The van der Waals surface area contributed by atoms with Gasteiger partial charge in [0.1, 0.15) is 0 Å². The van der Waals surface area contributed by atoms with E-state index < -0.39 is 6.10 Å². The summed E-state index contributed by atoms with van der Waals surface area (Å²) < 4.78 is 0. The van der Waals surface area contributed by atoms with E-state index in [2.05, 4.69) is 17.5 Å². The van der Waals surface area contributed by atoms with Crippen molar-refractivity contribution < 1.29 is 9.90 Å². The highest BCUT2D eigenvalue weighted by Crippen LogP contribution is 2.29. The van der Waals surface area contributed by atoms with E-state index in [-0.39, 0.29) is 17.9 Å². The first kappa shape index (κ1) is 13.6. The van der Waals surface area contributed by atoms with E-state index >= 15 is 0 Å². The molecule has 0 bridgehead atoms. The Morgan fingerprint density at radius 1 is 1.61 bits per heavy atom. The Balaban J connectivity index is 2.12. The van der Waals surface area contributed by atoms with Crippen molar-refractivity contribution in [3.05, 3.63) is 23.3 Å². The molecule has 0 unspecified atom stereocenters. The first-order valence-corrected chi connectivity index (χ1v) is 7.09. The second kappa shape index (κ2) is 5.89. The highest BCUT2D eigenvalue weighted by molar-refractivity contribution is 6.18. The number of hydrogen-bond acceptors (Lipinski definition) is 2. The zero-order valence-corrected chi connectivity index (χ0v) is 11.4. The SMILES string of the molecule is CC1=C(CCCl)C(=O)N[C@@H]1[C@@H](O)[C@@H]1C=CCCC1. The van der Waals surface area contributed by atoms with Gasteiger partial charge in [0.15, 0.2) is 0 Å². The molecule has 2 aliphatic rings. The molecule has 1 aliphatic carbocycles. The van der Waals surface area contributed by atoms with Crippen molar-refractivity contribution in [3.8, 4) is 0 Å². The summed E-state index contributed by atoms with van der Waals surface area (Å²) in [6.07, 6.45) is 7.42. The summed E-state index contributed by atoms with van der Waals surface area (Å²) in [6.45, 7) is 1.92. The summed E-state index contributed by atoms with van der Waals surface area (Å²) in [6, 6.07) is -0.247. The van der Waals surface area contributed by atoms with Gasteiger partial charge in [0, 0.05) is 17.4 Å². The smallest absolute Gasteiger partial charge is 0.247 e. The van der Waals surface area contributed by atoms with Crippen LogP contribution in [-0.2, 0) is 4.79 Å². The molecular weight excluding hydrogens is 250 g/mol. The normalized spacial score (nSPS) is 29.6. The van der Waals surface area contributed by atoms with Crippen molar-refractivity contribution in [1.82, 2.24) is 5.32 Å². The molecular formula is C14H20ClNO2. The van der Waals surface area contributed by atoms with E-state index in [0.29, 0.717) is 12.3 Å². The molecule has 0 spiro atoms. The predicted molar refractivity (Wildman–Crippen MR) is 72.5 cm³/mol. The lowest BCUT2D eigenvalue weighted by Crippen LogP contribution is -2.43. The number of amides is 1. The summed E-state index contributed by atoms with van der Waals surface area (Å²) in [4.78, 5) is 11.8. The molecule has 18 heavy (non-hydrogen) atoms. The van der Waals surface area contributed by atoms with E-state index in [1.165, 1.54) is 0 Å². The Hall–Kier alpha value is -0.800. The van der Waals surface area contributed by atoms with Gasteiger partial charge in [0.05, 0.1) is 12.1 Å². The molecule has 0 aromatic heterocycles. The number of carbonyl (C=O) groups is 1. The molecule has 2 rings (SSSR count). The summed E-state index contributed by atoms with van der Waals surface area (Å²) in [5, 5.41) is 13.3. The first-order chi connectivity index (χ1) is 8.65. The van der Waals surface area contributed by atoms with Crippen LogP contribution in [0.1, 0.15) is 32.6 Å². The van der Waals surface area contributed by atoms with Gasteiger partial charge in [0.25, 0.3) is 0 Å². The third-order valence-electron chi connectivity index (χ3n) is 3.92. The summed E-state index contributed by atoms with van der Waals surface area (Å²) >= 11 is 5.70. The minimum absolute atomic E-state index is 0.0722. The summed E-state index contributed by atoms with van der Waals surface area (Å²) in [5.41, 5.74) is 1.70. The van der Waals surface area contributed by atoms with Gasteiger partial charge in [-0.05, 0) is 38.2 Å². The molecule has 0 fully saturated rings. The highest BCUT2D eigenvalue weighted by atomic mass is 35.5. The van der Waals surface area contributed by atoms with Gasteiger partial charge in [-0.15, -0.1) is 11.6 Å². The van der Waals surface area contributed by atoms with Crippen LogP contribution in [0.3, 0.4) is 0 Å². The zero-order chi connectivity index (χ0) is 13.1. The Morgan fingerprint density at radius 2 is 2.39 bits per heavy atom. The quantitative estimate of drug-likeness (QED) is 0.607. The Bertz CT molecular complexity index is 389. The minimum atomic E-state index is -0.529. The molecule has 2 N–H and O–H groups in total. The van der Waals surface area contributed by atoms with Crippen molar-refractivity contribution >= 4 is 17.5 Å². The van der Waals surface area contributed by atoms with Crippen LogP contribution < -0.4 is 5.32 Å². The van der Waals surface area contributed by atoms with E-state index in [1.54, 1.807) is 0 Å². The molecule has 0 saturated carbocycles. The van der Waals surface area contributed by atoms with Crippen molar-refractivity contribution in [2.24, 2.45) is 5.92 Å². The van der Waals surface area contributed by atoms with Gasteiger partial charge in [0.2, 0.25) is 5.91 Å². The van der Waals surface area contributed by atoms with E-state index in [1.807, 2.05) is 6.92 Å². The number of alkyl halides is 1. The van der Waals surface area contributed by atoms with Gasteiger partial charge in [-0.1, -0.05) is 12.2 Å². The maximum atomic E-state index is 11.8. The third-order valence-corrected chi connectivity index (χ3v) is 4.11. The minimum Gasteiger partial charge on any atom is -0.390 e. The fraction of sp³-hybridized carbons (Fsp3) is 0.643. The molecule has 1 heterocycles. The van der Waals surface area contributed by atoms with Crippen molar-refractivity contribution in [2.45, 2.75) is 44.8 Å². The molecule has 1 aliphatic heterocycles. The van der Waals surface area contributed by atoms with Crippen LogP contribution >= 0.6 is 11.6 Å². The van der Waals surface area contributed by atoms with Crippen LogP contribution in [0.5, 0.6) is 0 Å². The topological polar surface area (TPSA) is 49.3 Å². The number of rotatable bonds is 4. The number of hydrogen-bond donors (Lipinski definition) is 2. The average Bonchev–Trinajstić information content (AvgIpc) is 2.67. The van der Waals surface area contributed by atoms with Crippen LogP contribution in [0, 0.1) is 5.92 Å². The number of aliphatic hydroxyl groups excluding tert-OH is 1. The van der Waals surface area contributed by atoms with Gasteiger partial charge >= 0.3 is 0 Å². The third kappa shape index (κ3) is 2.62.